The van der Waals surface area contributed by atoms with Crippen molar-refractivity contribution in [1.29, 1.82) is 0 Å². The minimum absolute atomic E-state index is 0.230. The summed E-state index contributed by atoms with van der Waals surface area (Å²) >= 11 is 3.42. The lowest BCUT2D eigenvalue weighted by atomic mass is 9.82. The molecule has 0 amide bonds. The van der Waals surface area contributed by atoms with Crippen LogP contribution in [-0.2, 0) is 17.5 Å². The van der Waals surface area contributed by atoms with Crippen LogP contribution in [-0.4, -0.2) is 23.1 Å². The first-order valence-corrected chi connectivity index (χ1v) is 7.40. The second kappa shape index (κ2) is 5.89. The Labute approximate surface area is 122 Å². The van der Waals surface area contributed by atoms with Crippen molar-refractivity contribution in [3.05, 3.63) is 34.2 Å². The van der Waals surface area contributed by atoms with Crippen molar-refractivity contribution < 1.29 is 17.9 Å². The SMILES string of the molecule is O=c1ccc(C(F)(F)F)cn1CC1(CBr)CCOCC1. The number of pyridine rings is 1. The molecule has 1 saturated heterocycles. The summed E-state index contributed by atoms with van der Waals surface area (Å²) in [7, 11) is 0. The van der Waals surface area contributed by atoms with E-state index < -0.39 is 17.3 Å². The van der Waals surface area contributed by atoms with Crippen molar-refractivity contribution in [3.63, 3.8) is 0 Å². The van der Waals surface area contributed by atoms with E-state index >= 15 is 0 Å². The number of aromatic nitrogens is 1. The highest BCUT2D eigenvalue weighted by molar-refractivity contribution is 9.09. The standard InChI is InChI=1S/C13H15BrF3NO2/c14-8-12(3-5-20-6-4-12)9-18-7-10(13(15,16)17)1-2-11(18)19/h1-2,7H,3-6,8-9H2. The molecule has 1 aliphatic rings. The maximum atomic E-state index is 12.7. The van der Waals surface area contributed by atoms with Crippen molar-refractivity contribution in [2.45, 2.75) is 25.6 Å². The van der Waals surface area contributed by atoms with Crippen LogP contribution < -0.4 is 5.56 Å². The summed E-state index contributed by atoms with van der Waals surface area (Å²) in [6.07, 6.45) is -2.09. The molecule has 3 nitrogen and oxygen atoms in total. The Morgan fingerprint density at radius 2 is 1.95 bits per heavy atom. The molecule has 0 atom stereocenters. The van der Waals surface area contributed by atoms with E-state index in [1.165, 1.54) is 0 Å². The minimum atomic E-state index is -4.44. The van der Waals surface area contributed by atoms with Gasteiger partial charge in [-0.15, -0.1) is 0 Å². The Kier molecular flexibility index (Phi) is 4.59. The number of halogens is 4. The van der Waals surface area contributed by atoms with Crippen LogP contribution in [0, 0.1) is 5.41 Å². The van der Waals surface area contributed by atoms with Crippen molar-refractivity contribution in [1.82, 2.24) is 4.57 Å². The molecule has 0 N–H and O–H groups in total. The topological polar surface area (TPSA) is 31.2 Å². The predicted octanol–water partition coefficient (Wildman–Crippen LogP) is 3.06. The second-order valence-electron chi connectivity index (χ2n) is 5.13. The van der Waals surface area contributed by atoms with Crippen LogP contribution in [0.4, 0.5) is 13.2 Å². The molecule has 1 aromatic heterocycles. The first-order valence-electron chi connectivity index (χ1n) is 6.28. The van der Waals surface area contributed by atoms with E-state index in [9.17, 15) is 18.0 Å². The summed E-state index contributed by atoms with van der Waals surface area (Å²) in [5.74, 6) is 0. The van der Waals surface area contributed by atoms with E-state index in [1.807, 2.05) is 0 Å². The fraction of sp³-hybridized carbons (Fsp3) is 0.615. The Hall–Kier alpha value is -0.820. The molecular formula is C13H15BrF3NO2. The van der Waals surface area contributed by atoms with Crippen LogP contribution in [0.25, 0.3) is 0 Å². The molecule has 1 aromatic rings. The van der Waals surface area contributed by atoms with E-state index in [0.717, 1.165) is 35.7 Å². The summed E-state index contributed by atoms with van der Waals surface area (Å²) in [6.45, 7) is 1.41. The molecule has 20 heavy (non-hydrogen) atoms. The van der Waals surface area contributed by atoms with Crippen LogP contribution in [0.2, 0.25) is 0 Å². The molecule has 0 radical (unpaired) electrons. The average Bonchev–Trinajstić information content (AvgIpc) is 2.41. The minimum Gasteiger partial charge on any atom is -0.381 e. The van der Waals surface area contributed by atoms with Gasteiger partial charge in [-0.3, -0.25) is 4.79 Å². The molecule has 2 heterocycles. The van der Waals surface area contributed by atoms with Crippen LogP contribution in [0.3, 0.4) is 0 Å². The second-order valence-corrected chi connectivity index (χ2v) is 5.69. The lowest BCUT2D eigenvalue weighted by Crippen LogP contribution is -2.38. The van der Waals surface area contributed by atoms with Gasteiger partial charge in [0, 0.05) is 42.8 Å². The summed E-state index contributed by atoms with van der Waals surface area (Å²) in [5.41, 5.74) is -1.44. The lowest BCUT2D eigenvalue weighted by molar-refractivity contribution is -0.138. The van der Waals surface area contributed by atoms with Gasteiger partial charge in [0.25, 0.3) is 5.56 Å². The van der Waals surface area contributed by atoms with Gasteiger partial charge in [-0.05, 0) is 18.9 Å². The van der Waals surface area contributed by atoms with Gasteiger partial charge in [0.1, 0.15) is 0 Å². The van der Waals surface area contributed by atoms with E-state index in [0.29, 0.717) is 18.5 Å². The maximum Gasteiger partial charge on any atom is 0.417 e. The van der Waals surface area contributed by atoms with Crippen LogP contribution in [0.15, 0.2) is 23.1 Å². The number of alkyl halides is 4. The number of hydrogen-bond acceptors (Lipinski definition) is 2. The fourth-order valence-corrected chi connectivity index (χ4v) is 3.06. The van der Waals surface area contributed by atoms with E-state index in [4.69, 9.17) is 4.74 Å². The molecular weight excluding hydrogens is 339 g/mol. The number of nitrogens with zero attached hydrogens (tertiary/aromatic N) is 1. The molecule has 0 aromatic carbocycles. The maximum absolute atomic E-state index is 12.7. The Balaban J connectivity index is 2.30. The Morgan fingerprint density at radius 1 is 1.30 bits per heavy atom. The molecule has 0 spiro atoms. The monoisotopic (exact) mass is 353 g/mol. The zero-order valence-corrected chi connectivity index (χ0v) is 12.3. The van der Waals surface area contributed by atoms with Gasteiger partial charge in [-0.25, -0.2) is 0 Å². The third-order valence-corrected chi connectivity index (χ3v) is 4.84. The van der Waals surface area contributed by atoms with Crippen molar-refractivity contribution in [3.8, 4) is 0 Å². The van der Waals surface area contributed by atoms with Gasteiger partial charge in [0.05, 0.1) is 5.56 Å². The summed E-state index contributed by atoms with van der Waals surface area (Å²) in [6, 6.07) is 1.80. The van der Waals surface area contributed by atoms with Crippen LogP contribution >= 0.6 is 15.9 Å². The zero-order chi connectivity index (χ0) is 14.8. The highest BCUT2D eigenvalue weighted by Crippen LogP contribution is 2.34. The van der Waals surface area contributed by atoms with Crippen LogP contribution in [0.5, 0.6) is 0 Å². The van der Waals surface area contributed by atoms with Crippen molar-refractivity contribution in [2.75, 3.05) is 18.5 Å². The van der Waals surface area contributed by atoms with Gasteiger partial charge in [-0.1, -0.05) is 15.9 Å². The molecule has 112 valence electrons. The highest BCUT2D eigenvalue weighted by Gasteiger charge is 2.34. The van der Waals surface area contributed by atoms with E-state index in [2.05, 4.69) is 15.9 Å². The predicted molar refractivity (Wildman–Crippen MR) is 72.0 cm³/mol. The molecule has 7 heteroatoms. The normalized spacial score (nSPS) is 19.0. The lowest BCUT2D eigenvalue weighted by Gasteiger charge is -2.36. The molecule has 0 unspecified atom stereocenters. The van der Waals surface area contributed by atoms with Gasteiger partial charge < -0.3 is 9.30 Å². The van der Waals surface area contributed by atoms with Gasteiger partial charge in [-0.2, -0.15) is 13.2 Å². The zero-order valence-electron chi connectivity index (χ0n) is 10.8. The van der Waals surface area contributed by atoms with Gasteiger partial charge >= 0.3 is 6.18 Å². The third kappa shape index (κ3) is 3.44. The number of ether oxygens (including phenoxy) is 1. The molecule has 0 aliphatic carbocycles. The summed E-state index contributed by atoms with van der Waals surface area (Å²) in [5, 5.41) is 0.631. The summed E-state index contributed by atoms with van der Waals surface area (Å²) in [4.78, 5) is 11.8. The molecule has 1 fully saturated rings. The smallest absolute Gasteiger partial charge is 0.381 e. The van der Waals surface area contributed by atoms with Gasteiger partial charge in [0.15, 0.2) is 0 Å². The van der Waals surface area contributed by atoms with E-state index in [-0.39, 0.29) is 12.0 Å². The molecule has 2 rings (SSSR count). The number of hydrogen-bond donors (Lipinski definition) is 0. The third-order valence-electron chi connectivity index (χ3n) is 3.65. The van der Waals surface area contributed by atoms with E-state index in [1.54, 1.807) is 0 Å². The average molecular weight is 354 g/mol. The Bertz CT molecular complexity index is 521. The molecule has 0 saturated carbocycles. The van der Waals surface area contributed by atoms with Crippen molar-refractivity contribution >= 4 is 15.9 Å². The first kappa shape index (κ1) is 15.6. The van der Waals surface area contributed by atoms with Crippen molar-refractivity contribution in [2.24, 2.45) is 5.41 Å². The Morgan fingerprint density at radius 3 is 2.50 bits per heavy atom. The highest BCUT2D eigenvalue weighted by atomic mass is 79.9. The number of rotatable bonds is 3. The largest absolute Gasteiger partial charge is 0.417 e. The molecule has 1 aliphatic heterocycles. The quantitative estimate of drug-likeness (QED) is 0.782. The molecule has 0 bridgehead atoms. The summed E-state index contributed by atoms with van der Waals surface area (Å²) < 4.78 is 44.6. The van der Waals surface area contributed by atoms with Crippen LogP contribution in [0.1, 0.15) is 18.4 Å². The first-order chi connectivity index (χ1) is 9.36. The van der Waals surface area contributed by atoms with Gasteiger partial charge in [0.2, 0.25) is 0 Å². The fourth-order valence-electron chi connectivity index (χ4n) is 2.32.